The van der Waals surface area contributed by atoms with Crippen LogP contribution in [0.1, 0.15) is 38.8 Å². The van der Waals surface area contributed by atoms with Crippen molar-refractivity contribution in [3.63, 3.8) is 0 Å². The van der Waals surface area contributed by atoms with Crippen LogP contribution in [0.3, 0.4) is 0 Å². The first-order valence-electron chi connectivity index (χ1n) is 9.64. The minimum Gasteiger partial charge on any atom is -0.497 e. The smallest absolute Gasteiger partial charge is 0.286 e. The number of carbonyl (C=O) groups is 2. The molecule has 156 valence electrons. The predicted octanol–water partition coefficient (Wildman–Crippen LogP) is 3.75. The van der Waals surface area contributed by atoms with E-state index in [9.17, 15) is 9.59 Å². The fourth-order valence-corrected chi connectivity index (χ4v) is 3.57. The number of benzene rings is 2. The Morgan fingerprint density at radius 3 is 2.57 bits per heavy atom. The SMILES string of the molecule is COc1ccc(NC(=O)c2nnc(CCCC(=O)NCc3ccccc3C)s2)cc1. The van der Waals surface area contributed by atoms with E-state index in [4.69, 9.17) is 4.74 Å². The molecule has 0 aliphatic rings. The molecule has 0 unspecified atom stereocenters. The number of aryl methyl sites for hydroxylation is 2. The fourth-order valence-electron chi connectivity index (χ4n) is 2.80. The number of aromatic nitrogens is 2. The summed E-state index contributed by atoms with van der Waals surface area (Å²) in [6.45, 7) is 2.55. The Morgan fingerprint density at radius 1 is 1.07 bits per heavy atom. The molecule has 30 heavy (non-hydrogen) atoms. The quantitative estimate of drug-likeness (QED) is 0.546. The molecule has 2 aromatic carbocycles. The van der Waals surface area contributed by atoms with Gasteiger partial charge < -0.3 is 15.4 Å². The number of methoxy groups -OCH3 is 1. The number of amides is 2. The lowest BCUT2D eigenvalue weighted by molar-refractivity contribution is -0.121. The Labute approximate surface area is 179 Å². The van der Waals surface area contributed by atoms with Gasteiger partial charge in [-0.1, -0.05) is 35.6 Å². The van der Waals surface area contributed by atoms with Gasteiger partial charge in [-0.2, -0.15) is 0 Å². The van der Waals surface area contributed by atoms with Gasteiger partial charge in [0.1, 0.15) is 10.8 Å². The van der Waals surface area contributed by atoms with Crippen molar-refractivity contribution in [2.45, 2.75) is 32.7 Å². The number of ether oxygens (including phenoxy) is 1. The maximum Gasteiger partial charge on any atom is 0.286 e. The van der Waals surface area contributed by atoms with Gasteiger partial charge in [-0.3, -0.25) is 9.59 Å². The van der Waals surface area contributed by atoms with Gasteiger partial charge in [-0.15, -0.1) is 10.2 Å². The summed E-state index contributed by atoms with van der Waals surface area (Å²) in [5.41, 5.74) is 2.93. The van der Waals surface area contributed by atoms with E-state index in [2.05, 4.69) is 20.8 Å². The number of rotatable bonds is 9. The zero-order valence-corrected chi connectivity index (χ0v) is 17.8. The number of hydrogen-bond donors (Lipinski definition) is 2. The number of nitrogens with zero attached hydrogens (tertiary/aromatic N) is 2. The summed E-state index contributed by atoms with van der Waals surface area (Å²) < 4.78 is 5.10. The average molecular weight is 425 g/mol. The molecule has 2 amide bonds. The molecule has 0 aliphatic carbocycles. The highest BCUT2D eigenvalue weighted by atomic mass is 32.1. The van der Waals surface area contributed by atoms with Crippen molar-refractivity contribution in [3.05, 3.63) is 69.7 Å². The van der Waals surface area contributed by atoms with Crippen molar-refractivity contribution in [2.24, 2.45) is 0 Å². The summed E-state index contributed by atoms with van der Waals surface area (Å²) in [5, 5.41) is 14.8. The lowest BCUT2D eigenvalue weighted by atomic mass is 10.1. The second-order valence-electron chi connectivity index (χ2n) is 6.74. The summed E-state index contributed by atoms with van der Waals surface area (Å²) in [4.78, 5) is 24.4. The van der Waals surface area contributed by atoms with Crippen LogP contribution in [0, 0.1) is 6.92 Å². The number of carbonyl (C=O) groups excluding carboxylic acids is 2. The van der Waals surface area contributed by atoms with Crippen LogP contribution in [-0.4, -0.2) is 29.1 Å². The lowest BCUT2D eigenvalue weighted by Gasteiger charge is -2.07. The Hall–Kier alpha value is -3.26. The number of nitrogens with one attached hydrogen (secondary N) is 2. The first-order chi connectivity index (χ1) is 14.5. The summed E-state index contributed by atoms with van der Waals surface area (Å²) in [6, 6.07) is 15.0. The third kappa shape index (κ3) is 6.12. The normalized spacial score (nSPS) is 10.5. The second kappa shape index (κ2) is 10.5. The predicted molar refractivity (Wildman–Crippen MR) is 117 cm³/mol. The third-order valence-electron chi connectivity index (χ3n) is 4.54. The van der Waals surface area contributed by atoms with Crippen molar-refractivity contribution >= 4 is 28.8 Å². The van der Waals surface area contributed by atoms with Gasteiger partial charge >= 0.3 is 0 Å². The first kappa shape index (κ1) is 21.4. The molecule has 1 aromatic heterocycles. The zero-order chi connectivity index (χ0) is 21.3. The summed E-state index contributed by atoms with van der Waals surface area (Å²) in [6.07, 6.45) is 1.65. The highest BCUT2D eigenvalue weighted by molar-refractivity contribution is 7.13. The Balaban J connectivity index is 1.42. The van der Waals surface area contributed by atoms with E-state index in [1.807, 2.05) is 31.2 Å². The van der Waals surface area contributed by atoms with E-state index in [0.717, 1.165) is 16.1 Å². The van der Waals surface area contributed by atoms with Crippen LogP contribution in [0.4, 0.5) is 5.69 Å². The first-order valence-corrected chi connectivity index (χ1v) is 10.5. The number of anilines is 1. The van der Waals surface area contributed by atoms with Crippen molar-refractivity contribution in [1.82, 2.24) is 15.5 Å². The molecule has 3 aromatic rings. The molecule has 0 radical (unpaired) electrons. The molecule has 0 atom stereocenters. The summed E-state index contributed by atoms with van der Waals surface area (Å²) >= 11 is 1.24. The van der Waals surface area contributed by atoms with Crippen LogP contribution in [0.25, 0.3) is 0 Å². The molecular formula is C22H24N4O3S. The van der Waals surface area contributed by atoms with Gasteiger partial charge in [0.15, 0.2) is 0 Å². The molecule has 1 heterocycles. The minimum absolute atomic E-state index is 0.000223. The third-order valence-corrected chi connectivity index (χ3v) is 5.52. The molecule has 8 heteroatoms. The van der Waals surface area contributed by atoms with Gasteiger partial charge in [-0.05, 0) is 48.7 Å². The Kier molecular flexibility index (Phi) is 7.51. The standard InChI is InChI=1S/C22H24N4O3S/c1-15-6-3-4-7-16(15)14-23-19(27)8-5-9-20-25-26-22(30-20)21(28)24-17-10-12-18(29-2)13-11-17/h3-4,6-7,10-13H,5,8-9,14H2,1-2H3,(H,23,27)(H,24,28). The van der Waals surface area contributed by atoms with Crippen LogP contribution in [0.15, 0.2) is 48.5 Å². The molecule has 0 bridgehead atoms. The molecule has 3 rings (SSSR count). The Bertz CT molecular complexity index is 1000. The molecule has 7 nitrogen and oxygen atoms in total. The zero-order valence-electron chi connectivity index (χ0n) is 17.0. The molecule has 2 N–H and O–H groups in total. The van der Waals surface area contributed by atoms with Crippen LogP contribution >= 0.6 is 11.3 Å². The van der Waals surface area contributed by atoms with E-state index in [0.29, 0.717) is 42.3 Å². The topological polar surface area (TPSA) is 93.2 Å². The molecule has 0 saturated carbocycles. The highest BCUT2D eigenvalue weighted by Gasteiger charge is 2.13. The van der Waals surface area contributed by atoms with Gasteiger partial charge in [0.2, 0.25) is 10.9 Å². The average Bonchev–Trinajstić information content (AvgIpc) is 3.23. The molecule has 0 saturated heterocycles. The van der Waals surface area contributed by atoms with E-state index in [-0.39, 0.29) is 11.8 Å². The van der Waals surface area contributed by atoms with Gasteiger partial charge in [0.25, 0.3) is 5.91 Å². The minimum atomic E-state index is -0.306. The van der Waals surface area contributed by atoms with Gasteiger partial charge in [-0.25, -0.2) is 0 Å². The van der Waals surface area contributed by atoms with E-state index < -0.39 is 0 Å². The second-order valence-corrected chi connectivity index (χ2v) is 7.80. The van der Waals surface area contributed by atoms with Crippen LogP contribution < -0.4 is 15.4 Å². The highest BCUT2D eigenvalue weighted by Crippen LogP contribution is 2.18. The van der Waals surface area contributed by atoms with Crippen molar-refractivity contribution in [2.75, 3.05) is 12.4 Å². The van der Waals surface area contributed by atoms with Crippen LogP contribution in [-0.2, 0) is 17.8 Å². The maximum absolute atomic E-state index is 12.3. The maximum atomic E-state index is 12.3. The largest absolute Gasteiger partial charge is 0.497 e. The Morgan fingerprint density at radius 2 is 1.83 bits per heavy atom. The van der Waals surface area contributed by atoms with Gasteiger partial charge in [0, 0.05) is 25.1 Å². The monoisotopic (exact) mass is 424 g/mol. The van der Waals surface area contributed by atoms with E-state index >= 15 is 0 Å². The molecule has 0 spiro atoms. The number of hydrogen-bond acceptors (Lipinski definition) is 6. The molecule has 0 aliphatic heterocycles. The van der Waals surface area contributed by atoms with Crippen molar-refractivity contribution in [3.8, 4) is 5.75 Å². The molecular weight excluding hydrogens is 400 g/mol. The van der Waals surface area contributed by atoms with E-state index in [1.54, 1.807) is 31.4 Å². The van der Waals surface area contributed by atoms with Crippen molar-refractivity contribution in [1.29, 1.82) is 0 Å². The fraction of sp³-hybridized carbons (Fsp3) is 0.273. The van der Waals surface area contributed by atoms with Crippen molar-refractivity contribution < 1.29 is 14.3 Å². The van der Waals surface area contributed by atoms with E-state index in [1.165, 1.54) is 11.3 Å². The lowest BCUT2D eigenvalue weighted by Crippen LogP contribution is -2.22. The van der Waals surface area contributed by atoms with Crippen LogP contribution in [0.5, 0.6) is 5.75 Å². The molecule has 0 fully saturated rings. The summed E-state index contributed by atoms with van der Waals surface area (Å²) in [5.74, 6) is 0.411. The van der Waals surface area contributed by atoms with Gasteiger partial charge in [0.05, 0.1) is 7.11 Å². The van der Waals surface area contributed by atoms with Crippen LogP contribution in [0.2, 0.25) is 0 Å². The summed E-state index contributed by atoms with van der Waals surface area (Å²) in [7, 11) is 1.59.